The highest BCUT2D eigenvalue weighted by Crippen LogP contribution is 2.32. The second-order valence-corrected chi connectivity index (χ2v) is 12.8. The number of nitrogens with zero attached hydrogens (tertiary/aromatic N) is 3. The Labute approximate surface area is 255 Å². The molecule has 0 saturated carbocycles. The highest BCUT2D eigenvalue weighted by Gasteiger charge is 2.15. The topological polar surface area (TPSA) is 88.9 Å². The van der Waals surface area contributed by atoms with E-state index in [9.17, 15) is 9.59 Å². The van der Waals surface area contributed by atoms with Gasteiger partial charge < -0.3 is 10.6 Å². The highest BCUT2D eigenvalue weighted by molar-refractivity contribution is 8.01. The van der Waals surface area contributed by atoms with Crippen molar-refractivity contribution in [2.45, 2.75) is 23.3 Å². The van der Waals surface area contributed by atoms with Crippen molar-refractivity contribution < 1.29 is 9.59 Å². The van der Waals surface area contributed by atoms with Gasteiger partial charge in [0.05, 0.1) is 32.8 Å². The molecule has 6 aromatic rings. The van der Waals surface area contributed by atoms with Crippen LogP contribution in [0, 0.1) is 13.8 Å². The van der Waals surface area contributed by atoms with Gasteiger partial charge in [-0.1, -0.05) is 66.0 Å². The standard InChI is InChI=1S/C32H27N5O2S3/c1-20-9-8-13-24(21(20)2)34-30(39)19-41-32-36-26-16-15-22(17-28(26)42-32)33-29(38)18-40-31-35-25-12-6-7-14-27(25)37(31)23-10-4-3-5-11-23/h3-17H,18-19H2,1-2H3,(H,33,38)(H,34,39). The lowest BCUT2D eigenvalue weighted by Gasteiger charge is -2.09. The molecule has 7 nitrogen and oxygen atoms in total. The molecule has 210 valence electrons. The van der Waals surface area contributed by atoms with Crippen molar-refractivity contribution in [3.05, 3.63) is 102 Å². The number of anilines is 2. The van der Waals surface area contributed by atoms with Crippen molar-refractivity contribution in [2.75, 3.05) is 22.1 Å². The Kier molecular flexibility index (Phi) is 8.27. The average molecular weight is 610 g/mol. The van der Waals surface area contributed by atoms with Gasteiger partial charge in [0, 0.05) is 17.1 Å². The van der Waals surface area contributed by atoms with E-state index in [4.69, 9.17) is 4.98 Å². The van der Waals surface area contributed by atoms with Crippen molar-refractivity contribution in [1.82, 2.24) is 14.5 Å². The summed E-state index contributed by atoms with van der Waals surface area (Å²) in [7, 11) is 0. The fourth-order valence-corrected chi connectivity index (χ4v) is 7.23. The van der Waals surface area contributed by atoms with Crippen LogP contribution in [0.25, 0.3) is 26.9 Å². The summed E-state index contributed by atoms with van der Waals surface area (Å²) in [4.78, 5) is 34.9. The normalized spacial score (nSPS) is 11.2. The molecule has 0 aliphatic heterocycles. The molecule has 0 saturated heterocycles. The summed E-state index contributed by atoms with van der Waals surface area (Å²) in [6, 6.07) is 29.6. The Morgan fingerprint density at radius 2 is 1.55 bits per heavy atom. The fraction of sp³-hybridized carbons (Fsp3) is 0.125. The molecule has 2 heterocycles. The summed E-state index contributed by atoms with van der Waals surface area (Å²) in [5.41, 5.74) is 7.47. The minimum atomic E-state index is -0.117. The predicted octanol–water partition coefficient (Wildman–Crippen LogP) is 7.71. The van der Waals surface area contributed by atoms with Crippen molar-refractivity contribution >= 4 is 79.3 Å². The van der Waals surface area contributed by atoms with Crippen LogP contribution in [0.1, 0.15) is 11.1 Å². The maximum atomic E-state index is 12.9. The van der Waals surface area contributed by atoms with Crippen molar-refractivity contribution in [3.63, 3.8) is 0 Å². The lowest BCUT2D eigenvalue weighted by atomic mass is 10.1. The van der Waals surface area contributed by atoms with Crippen LogP contribution in [0.15, 0.2) is 100 Å². The number of hydrogen-bond acceptors (Lipinski definition) is 7. The van der Waals surface area contributed by atoms with E-state index in [1.807, 2.05) is 105 Å². The van der Waals surface area contributed by atoms with Gasteiger partial charge in [-0.15, -0.1) is 11.3 Å². The van der Waals surface area contributed by atoms with E-state index in [1.54, 1.807) is 0 Å². The van der Waals surface area contributed by atoms with Crippen LogP contribution >= 0.6 is 34.9 Å². The van der Waals surface area contributed by atoms with E-state index in [1.165, 1.54) is 34.9 Å². The molecular weight excluding hydrogens is 583 g/mol. The molecule has 42 heavy (non-hydrogen) atoms. The summed E-state index contributed by atoms with van der Waals surface area (Å²) in [5.74, 6) is 0.294. The van der Waals surface area contributed by atoms with Crippen molar-refractivity contribution in [1.29, 1.82) is 0 Å². The Morgan fingerprint density at radius 3 is 2.40 bits per heavy atom. The Hall–Kier alpha value is -4.12. The number of benzene rings is 4. The Bertz CT molecular complexity index is 1920. The lowest BCUT2D eigenvalue weighted by molar-refractivity contribution is -0.114. The van der Waals surface area contributed by atoms with E-state index < -0.39 is 0 Å². The summed E-state index contributed by atoms with van der Waals surface area (Å²) >= 11 is 4.32. The fourth-order valence-electron chi connectivity index (χ4n) is 4.50. The number of amides is 2. The van der Waals surface area contributed by atoms with Crippen LogP contribution < -0.4 is 10.6 Å². The highest BCUT2D eigenvalue weighted by atomic mass is 32.2. The smallest absolute Gasteiger partial charge is 0.234 e. The monoisotopic (exact) mass is 609 g/mol. The first-order valence-electron chi connectivity index (χ1n) is 13.3. The lowest BCUT2D eigenvalue weighted by Crippen LogP contribution is -2.15. The maximum absolute atomic E-state index is 12.9. The van der Waals surface area contributed by atoms with Gasteiger partial charge in [-0.05, 0) is 73.5 Å². The third-order valence-electron chi connectivity index (χ3n) is 6.73. The molecule has 0 fully saturated rings. The van der Waals surface area contributed by atoms with E-state index >= 15 is 0 Å². The van der Waals surface area contributed by atoms with Gasteiger partial charge in [-0.3, -0.25) is 14.2 Å². The number of fused-ring (bicyclic) bond motifs is 2. The number of carbonyl (C=O) groups is 2. The third kappa shape index (κ3) is 6.20. The first kappa shape index (κ1) is 28.0. The summed E-state index contributed by atoms with van der Waals surface area (Å²) < 4.78 is 3.83. The van der Waals surface area contributed by atoms with Crippen LogP contribution in [0.2, 0.25) is 0 Å². The number of thioether (sulfide) groups is 2. The maximum Gasteiger partial charge on any atom is 0.234 e. The molecule has 0 aliphatic rings. The SMILES string of the molecule is Cc1cccc(NC(=O)CSc2nc3ccc(NC(=O)CSc4nc5ccccc5n4-c4ccccc4)cc3s2)c1C. The average Bonchev–Trinajstić information content (AvgIpc) is 3.58. The predicted molar refractivity (Wildman–Crippen MR) is 175 cm³/mol. The van der Waals surface area contributed by atoms with Crippen LogP contribution in [0.3, 0.4) is 0 Å². The largest absolute Gasteiger partial charge is 0.325 e. The molecule has 2 amide bonds. The number of para-hydroxylation sites is 3. The van der Waals surface area contributed by atoms with Crippen molar-refractivity contribution in [3.8, 4) is 5.69 Å². The number of nitrogens with one attached hydrogen (secondary N) is 2. The van der Waals surface area contributed by atoms with E-state index in [2.05, 4.69) is 20.2 Å². The number of hydrogen-bond donors (Lipinski definition) is 2. The van der Waals surface area contributed by atoms with Crippen molar-refractivity contribution in [2.24, 2.45) is 0 Å². The summed E-state index contributed by atoms with van der Waals surface area (Å²) in [6.07, 6.45) is 0. The molecule has 0 atom stereocenters. The van der Waals surface area contributed by atoms with Crippen LogP contribution in [-0.4, -0.2) is 37.9 Å². The summed E-state index contributed by atoms with van der Waals surface area (Å²) in [5, 5.41) is 6.76. The van der Waals surface area contributed by atoms with E-state index in [-0.39, 0.29) is 23.3 Å². The number of rotatable bonds is 9. The zero-order valence-electron chi connectivity index (χ0n) is 23.0. The number of aryl methyl sites for hydroxylation is 1. The molecule has 2 N–H and O–H groups in total. The second-order valence-electron chi connectivity index (χ2n) is 9.64. The molecule has 0 radical (unpaired) electrons. The molecule has 2 aromatic heterocycles. The number of aromatic nitrogens is 3. The molecule has 0 aliphatic carbocycles. The van der Waals surface area contributed by atoms with Crippen LogP contribution in [0.5, 0.6) is 0 Å². The minimum absolute atomic E-state index is 0.0702. The third-order valence-corrected chi connectivity index (χ3v) is 9.83. The molecule has 0 unspecified atom stereocenters. The second kappa shape index (κ2) is 12.4. The Balaban J connectivity index is 1.08. The zero-order chi connectivity index (χ0) is 29.1. The van der Waals surface area contributed by atoms with Gasteiger partial charge in [0.1, 0.15) is 0 Å². The molecule has 0 bridgehead atoms. The number of imidazole rings is 1. The molecule has 10 heteroatoms. The molecule has 0 spiro atoms. The van der Waals surface area contributed by atoms with Gasteiger partial charge in [0.2, 0.25) is 11.8 Å². The minimum Gasteiger partial charge on any atom is -0.325 e. The van der Waals surface area contributed by atoms with Gasteiger partial charge in [0.25, 0.3) is 0 Å². The first-order valence-corrected chi connectivity index (χ1v) is 16.1. The van der Waals surface area contributed by atoms with E-state index in [0.29, 0.717) is 5.69 Å². The summed E-state index contributed by atoms with van der Waals surface area (Å²) in [6.45, 7) is 4.03. The molecule has 6 rings (SSSR count). The number of thiazole rings is 1. The van der Waals surface area contributed by atoms with E-state index in [0.717, 1.165) is 53.2 Å². The van der Waals surface area contributed by atoms with Gasteiger partial charge in [-0.2, -0.15) is 0 Å². The number of carbonyl (C=O) groups excluding carboxylic acids is 2. The zero-order valence-corrected chi connectivity index (χ0v) is 25.4. The Morgan fingerprint density at radius 1 is 0.786 bits per heavy atom. The van der Waals surface area contributed by atoms with Gasteiger partial charge >= 0.3 is 0 Å². The van der Waals surface area contributed by atoms with Gasteiger partial charge in [0.15, 0.2) is 9.50 Å². The molecule has 4 aromatic carbocycles. The van der Waals surface area contributed by atoms with Crippen LogP contribution in [0.4, 0.5) is 11.4 Å². The van der Waals surface area contributed by atoms with Gasteiger partial charge in [-0.25, -0.2) is 9.97 Å². The quantitative estimate of drug-likeness (QED) is 0.163. The molecular formula is C32H27N5O2S3. The van der Waals surface area contributed by atoms with Crippen LogP contribution in [-0.2, 0) is 9.59 Å². The first-order chi connectivity index (χ1) is 20.4.